The molecule has 0 fully saturated rings. The second-order valence-corrected chi connectivity index (χ2v) is 9.53. The average molecular weight is 590 g/mol. The molecule has 0 unspecified atom stereocenters. The largest absolute Gasteiger partial charge is 0.479 e. The first-order valence-electron chi connectivity index (χ1n) is 12.7. The molecule has 2 atom stereocenters. The highest BCUT2D eigenvalue weighted by Crippen LogP contribution is 2.26. The van der Waals surface area contributed by atoms with Gasteiger partial charge in [0, 0.05) is 19.0 Å². The lowest BCUT2D eigenvalue weighted by Crippen LogP contribution is -2.56. The number of carbonyl (C=O) groups excluding carboxylic acids is 5. The molecular formula is C29H27F4N3O6. The molecule has 3 N–H and O–H groups in total. The lowest BCUT2D eigenvalue weighted by atomic mass is 10.0. The Morgan fingerprint density at radius 1 is 0.881 bits per heavy atom. The van der Waals surface area contributed by atoms with Crippen LogP contribution in [0.3, 0.4) is 0 Å². The summed E-state index contributed by atoms with van der Waals surface area (Å²) in [6.45, 7) is 1.95. The van der Waals surface area contributed by atoms with Gasteiger partial charge < -0.3 is 25.5 Å². The molecular weight excluding hydrogens is 562 g/mol. The van der Waals surface area contributed by atoms with Crippen molar-refractivity contribution in [1.82, 2.24) is 16.0 Å². The second-order valence-electron chi connectivity index (χ2n) is 9.53. The van der Waals surface area contributed by atoms with Gasteiger partial charge in [0.25, 0.3) is 0 Å². The van der Waals surface area contributed by atoms with Crippen molar-refractivity contribution >= 4 is 40.6 Å². The zero-order valence-corrected chi connectivity index (χ0v) is 22.5. The highest BCUT2D eigenvalue weighted by atomic mass is 19.2. The lowest BCUT2D eigenvalue weighted by Gasteiger charge is -2.24. The van der Waals surface area contributed by atoms with Gasteiger partial charge in [0.1, 0.15) is 18.9 Å². The van der Waals surface area contributed by atoms with E-state index >= 15 is 0 Å². The van der Waals surface area contributed by atoms with Gasteiger partial charge in [0.05, 0.1) is 6.04 Å². The first-order chi connectivity index (χ1) is 19.9. The Bertz CT molecular complexity index is 1480. The summed E-state index contributed by atoms with van der Waals surface area (Å²) >= 11 is 0. The average Bonchev–Trinajstić information content (AvgIpc) is 2.96. The number of ether oxygens (including phenoxy) is 1. The Morgan fingerprint density at radius 2 is 1.52 bits per heavy atom. The number of halogens is 4. The summed E-state index contributed by atoms with van der Waals surface area (Å²) in [6, 6.07) is 9.96. The topological polar surface area (TPSA) is 131 Å². The van der Waals surface area contributed by atoms with E-state index in [0.717, 1.165) is 16.3 Å². The van der Waals surface area contributed by atoms with Crippen molar-refractivity contribution in [2.75, 3.05) is 6.61 Å². The minimum absolute atomic E-state index is 0.0263. The van der Waals surface area contributed by atoms with Crippen LogP contribution in [-0.2, 0) is 30.5 Å². The third kappa shape index (κ3) is 7.68. The summed E-state index contributed by atoms with van der Waals surface area (Å²) in [5.41, 5.74) is 0.755. The molecule has 0 aromatic heterocycles. The number of rotatable bonds is 12. The SMILES string of the molecule is CC(C)[C@H](NC(=O)C(=O)NCc1cccc2ccccc12)C(=O)N[C@@H](CC=O)C(=O)COc1c(F)c(F)cc(F)c1F. The summed E-state index contributed by atoms with van der Waals surface area (Å²) in [6.07, 6.45) is -0.323. The van der Waals surface area contributed by atoms with Crippen LogP contribution in [0.25, 0.3) is 10.8 Å². The first kappa shape index (κ1) is 31.7. The van der Waals surface area contributed by atoms with E-state index in [-0.39, 0.29) is 18.9 Å². The fourth-order valence-corrected chi connectivity index (χ4v) is 3.99. The number of nitrogens with one attached hydrogen (secondary N) is 3. The van der Waals surface area contributed by atoms with Crippen molar-refractivity contribution in [2.24, 2.45) is 5.92 Å². The van der Waals surface area contributed by atoms with Crippen LogP contribution in [0, 0.1) is 29.2 Å². The molecule has 13 heteroatoms. The highest BCUT2D eigenvalue weighted by Gasteiger charge is 2.31. The minimum Gasteiger partial charge on any atom is -0.479 e. The van der Waals surface area contributed by atoms with Crippen molar-refractivity contribution in [1.29, 1.82) is 0 Å². The number of ketones is 1. The molecule has 9 nitrogen and oxygen atoms in total. The van der Waals surface area contributed by atoms with Gasteiger partial charge in [-0.15, -0.1) is 0 Å². The van der Waals surface area contributed by atoms with Gasteiger partial charge in [0.15, 0.2) is 23.2 Å². The molecule has 0 bridgehead atoms. The van der Waals surface area contributed by atoms with Crippen molar-refractivity contribution in [3.05, 3.63) is 77.4 Å². The lowest BCUT2D eigenvalue weighted by molar-refractivity contribution is -0.141. The van der Waals surface area contributed by atoms with E-state index in [1.807, 2.05) is 30.3 Å². The Morgan fingerprint density at radius 3 is 2.17 bits per heavy atom. The minimum atomic E-state index is -1.88. The summed E-state index contributed by atoms with van der Waals surface area (Å²) in [5, 5.41) is 8.82. The van der Waals surface area contributed by atoms with Crippen molar-refractivity contribution < 1.29 is 46.3 Å². The fourth-order valence-electron chi connectivity index (χ4n) is 3.99. The second kappa shape index (κ2) is 14.2. The Labute approximate surface area is 237 Å². The molecule has 3 aromatic rings. The maximum absolute atomic E-state index is 13.8. The van der Waals surface area contributed by atoms with Gasteiger partial charge in [-0.3, -0.25) is 19.2 Å². The number of benzene rings is 3. The molecule has 0 heterocycles. The summed E-state index contributed by atoms with van der Waals surface area (Å²) < 4.78 is 59.1. The first-order valence-corrected chi connectivity index (χ1v) is 12.7. The predicted molar refractivity (Wildman–Crippen MR) is 142 cm³/mol. The third-order valence-corrected chi connectivity index (χ3v) is 6.23. The summed E-state index contributed by atoms with van der Waals surface area (Å²) in [5.74, 6) is -13.5. The number of amides is 3. The van der Waals surface area contributed by atoms with Crippen LogP contribution in [0.4, 0.5) is 17.6 Å². The smallest absolute Gasteiger partial charge is 0.309 e. The Kier molecular flexibility index (Phi) is 10.7. The van der Waals surface area contributed by atoms with Gasteiger partial charge in [-0.2, -0.15) is 8.78 Å². The number of carbonyl (C=O) groups is 5. The zero-order valence-electron chi connectivity index (χ0n) is 22.5. The molecule has 3 aromatic carbocycles. The van der Waals surface area contributed by atoms with Crippen LogP contribution in [0.2, 0.25) is 0 Å². The predicted octanol–water partition coefficient (Wildman–Crippen LogP) is 2.88. The number of Topliss-reactive ketones (excluding diaryl/α,β-unsaturated/α-hetero) is 1. The number of hydrogen-bond acceptors (Lipinski definition) is 6. The van der Waals surface area contributed by atoms with Crippen LogP contribution in [-0.4, -0.2) is 48.5 Å². The fraction of sp³-hybridized carbons (Fsp3) is 0.276. The van der Waals surface area contributed by atoms with Gasteiger partial charge in [-0.1, -0.05) is 56.3 Å². The molecule has 0 aliphatic carbocycles. The van der Waals surface area contributed by atoms with Crippen molar-refractivity contribution in [3.63, 3.8) is 0 Å². The molecule has 0 saturated heterocycles. The van der Waals surface area contributed by atoms with Crippen LogP contribution in [0.1, 0.15) is 25.8 Å². The number of fused-ring (bicyclic) bond motifs is 1. The standard InChI is InChI=1S/C29H27F4N3O6/c1-15(2)25(36-29(41)28(40)34-13-17-8-5-7-16-6-3-4-9-18(16)17)27(39)35-21(10-11-37)22(38)14-42-26-23(32)19(30)12-20(31)24(26)33/h3-9,11-12,15,21,25H,10,13-14H2,1-2H3,(H,34,40)(H,35,39)(H,36,41)/t21-,25-/m0/s1. The van der Waals surface area contributed by atoms with Crippen LogP contribution in [0.5, 0.6) is 5.75 Å². The number of hydrogen-bond donors (Lipinski definition) is 3. The maximum Gasteiger partial charge on any atom is 0.309 e. The van der Waals surface area contributed by atoms with Gasteiger partial charge >= 0.3 is 11.8 Å². The Balaban J connectivity index is 1.63. The summed E-state index contributed by atoms with van der Waals surface area (Å²) in [4.78, 5) is 61.8. The van der Waals surface area contributed by atoms with E-state index < -0.39 is 83.6 Å². The highest BCUT2D eigenvalue weighted by molar-refractivity contribution is 6.35. The maximum atomic E-state index is 13.8. The zero-order chi connectivity index (χ0) is 31.0. The molecule has 42 heavy (non-hydrogen) atoms. The molecule has 0 saturated carbocycles. The van der Waals surface area contributed by atoms with Crippen molar-refractivity contribution in [3.8, 4) is 5.75 Å². The van der Waals surface area contributed by atoms with Crippen LogP contribution < -0.4 is 20.7 Å². The third-order valence-electron chi connectivity index (χ3n) is 6.23. The quantitative estimate of drug-likeness (QED) is 0.129. The van der Waals surface area contributed by atoms with E-state index in [4.69, 9.17) is 0 Å². The molecule has 0 aliphatic rings. The molecule has 222 valence electrons. The number of aldehydes is 1. The monoisotopic (exact) mass is 589 g/mol. The molecule has 0 spiro atoms. The molecule has 0 aliphatic heterocycles. The summed E-state index contributed by atoms with van der Waals surface area (Å²) in [7, 11) is 0. The van der Waals surface area contributed by atoms with Gasteiger partial charge in [0.2, 0.25) is 17.5 Å². The van der Waals surface area contributed by atoms with Crippen LogP contribution in [0.15, 0.2) is 48.5 Å². The Hall–Kier alpha value is -4.81. The van der Waals surface area contributed by atoms with E-state index in [1.54, 1.807) is 26.0 Å². The van der Waals surface area contributed by atoms with E-state index in [2.05, 4.69) is 20.7 Å². The molecule has 3 rings (SSSR count). The van der Waals surface area contributed by atoms with Crippen molar-refractivity contribution in [2.45, 2.75) is 38.9 Å². The van der Waals surface area contributed by atoms with Gasteiger partial charge in [-0.25, -0.2) is 8.78 Å². The van der Waals surface area contributed by atoms with Crippen LogP contribution >= 0.6 is 0 Å². The van der Waals surface area contributed by atoms with E-state index in [9.17, 15) is 41.5 Å². The van der Waals surface area contributed by atoms with E-state index in [0.29, 0.717) is 0 Å². The normalized spacial score (nSPS) is 12.4. The molecule has 0 radical (unpaired) electrons. The van der Waals surface area contributed by atoms with Gasteiger partial charge in [-0.05, 0) is 22.3 Å². The van der Waals surface area contributed by atoms with E-state index in [1.165, 1.54) is 0 Å². The molecule has 3 amide bonds.